The highest BCUT2D eigenvalue weighted by Crippen LogP contribution is 2.25. The van der Waals surface area contributed by atoms with Gasteiger partial charge in [-0.25, -0.2) is 0 Å². The lowest BCUT2D eigenvalue weighted by Gasteiger charge is -2.47. The Hall–Kier alpha value is -0.320. The van der Waals surface area contributed by atoms with E-state index in [0.29, 0.717) is 11.8 Å². The lowest BCUT2D eigenvalue weighted by molar-refractivity contribution is -0.149. The molecule has 2 aliphatic heterocycles. The summed E-state index contributed by atoms with van der Waals surface area (Å²) < 4.78 is 0. The van der Waals surface area contributed by atoms with Crippen LogP contribution in [0.25, 0.3) is 0 Å². The van der Waals surface area contributed by atoms with E-state index in [2.05, 4.69) is 31.0 Å². The number of carbonyl (C=O) groups is 1. The largest absolute Gasteiger partial charge is 0.340 e. The number of hydrogen-bond acceptors (Lipinski definition) is 3. The van der Waals surface area contributed by atoms with E-state index in [0.717, 1.165) is 45.7 Å². The third kappa shape index (κ3) is 3.86. The molecule has 2 rings (SSSR count). The fourth-order valence-electron chi connectivity index (χ4n) is 3.34. The van der Waals surface area contributed by atoms with Crippen LogP contribution < -0.4 is 5.32 Å². The summed E-state index contributed by atoms with van der Waals surface area (Å²) in [6, 6.07) is 0. The van der Waals surface area contributed by atoms with Crippen LogP contribution in [-0.2, 0) is 4.79 Å². The minimum absolute atomic E-state index is 0. The average molecular weight is 304 g/mol. The Morgan fingerprint density at radius 2 is 2.10 bits per heavy atom. The van der Waals surface area contributed by atoms with Gasteiger partial charge in [-0.3, -0.25) is 9.69 Å². The van der Waals surface area contributed by atoms with Crippen LogP contribution in [0.2, 0.25) is 0 Å². The molecule has 0 radical (unpaired) electrons. The Labute approximate surface area is 129 Å². The van der Waals surface area contributed by atoms with Gasteiger partial charge in [0.05, 0.1) is 5.54 Å². The molecule has 1 N–H and O–H groups in total. The first kappa shape index (κ1) is 17.7. The van der Waals surface area contributed by atoms with E-state index in [1.165, 1.54) is 12.8 Å². The Kier molecular flexibility index (Phi) is 6.76. The second kappa shape index (κ2) is 7.62. The number of amides is 1. The van der Waals surface area contributed by atoms with Gasteiger partial charge in [-0.1, -0.05) is 6.92 Å². The van der Waals surface area contributed by atoms with Crippen molar-refractivity contribution in [2.24, 2.45) is 5.92 Å². The van der Waals surface area contributed by atoms with Crippen LogP contribution >= 0.6 is 12.4 Å². The Morgan fingerprint density at radius 3 is 2.70 bits per heavy atom. The molecule has 1 atom stereocenters. The summed E-state index contributed by atoms with van der Waals surface area (Å²) in [5, 5.41) is 3.47. The smallest absolute Gasteiger partial charge is 0.242 e. The van der Waals surface area contributed by atoms with Gasteiger partial charge in [-0.05, 0) is 52.1 Å². The van der Waals surface area contributed by atoms with Gasteiger partial charge in [0, 0.05) is 26.2 Å². The molecule has 20 heavy (non-hydrogen) atoms. The third-order valence-electron chi connectivity index (χ3n) is 4.61. The second-order valence-corrected chi connectivity index (χ2v) is 6.51. The average Bonchev–Trinajstić information content (AvgIpc) is 2.40. The van der Waals surface area contributed by atoms with Crippen molar-refractivity contribution in [3.63, 3.8) is 0 Å². The van der Waals surface area contributed by atoms with Crippen molar-refractivity contribution >= 4 is 18.3 Å². The summed E-state index contributed by atoms with van der Waals surface area (Å²) in [5.41, 5.74) is -0.329. The van der Waals surface area contributed by atoms with Crippen molar-refractivity contribution in [2.45, 2.75) is 45.6 Å². The Morgan fingerprint density at radius 1 is 1.35 bits per heavy atom. The first-order valence-electron chi connectivity index (χ1n) is 7.81. The predicted octanol–water partition coefficient (Wildman–Crippen LogP) is 1.74. The van der Waals surface area contributed by atoms with Crippen LogP contribution in [0.4, 0.5) is 0 Å². The summed E-state index contributed by atoms with van der Waals surface area (Å²) in [4.78, 5) is 17.0. The van der Waals surface area contributed by atoms with Crippen molar-refractivity contribution in [3.8, 4) is 0 Å². The summed E-state index contributed by atoms with van der Waals surface area (Å²) in [6.07, 6.45) is 3.62. The van der Waals surface area contributed by atoms with E-state index in [1.54, 1.807) is 0 Å². The maximum atomic E-state index is 12.6. The van der Waals surface area contributed by atoms with Crippen LogP contribution in [0.15, 0.2) is 0 Å². The Balaban J connectivity index is 0.00000200. The number of piperidine rings is 1. The van der Waals surface area contributed by atoms with Crippen molar-refractivity contribution in [1.82, 2.24) is 15.1 Å². The van der Waals surface area contributed by atoms with E-state index in [4.69, 9.17) is 0 Å². The summed E-state index contributed by atoms with van der Waals surface area (Å²) in [5.74, 6) is 1.02. The summed E-state index contributed by atoms with van der Waals surface area (Å²) in [7, 11) is 0. The SMILES string of the molecule is CCCN1CCN(CC2CCCNC2)C(C)(C)C1=O.Cl. The van der Waals surface area contributed by atoms with Crippen LogP contribution in [0.1, 0.15) is 40.0 Å². The van der Waals surface area contributed by atoms with Crippen molar-refractivity contribution in [2.75, 3.05) is 39.3 Å². The van der Waals surface area contributed by atoms with E-state index < -0.39 is 0 Å². The predicted molar refractivity (Wildman–Crippen MR) is 85.4 cm³/mol. The van der Waals surface area contributed by atoms with E-state index in [1.807, 2.05) is 4.90 Å². The van der Waals surface area contributed by atoms with Crippen LogP contribution in [-0.4, -0.2) is 60.5 Å². The molecule has 4 nitrogen and oxygen atoms in total. The van der Waals surface area contributed by atoms with E-state index in [9.17, 15) is 4.79 Å². The van der Waals surface area contributed by atoms with Crippen LogP contribution in [0, 0.1) is 5.92 Å². The van der Waals surface area contributed by atoms with Crippen molar-refractivity contribution < 1.29 is 4.79 Å². The molecule has 0 aromatic heterocycles. The van der Waals surface area contributed by atoms with Gasteiger partial charge >= 0.3 is 0 Å². The minimum atomic E-state index is -0.329. The van der Waals surface area contributed by atoms with E-state index in [-0.39, 0.29) is 17.9 Å². The highest BCUT2D eigenvalue weighted by atomic mass is 35.5. The molecule has 118 valence electrons. The number of halogens is 1. The second-order valence-electron chi connectivity index (χ2n) is 6.51. The first-order chi connectivity index (χ1) is 9.05. The van der Waals surface area contributed by atoms with Gasteiger partial charge in [0.25, 0.3) is 0 Å². The van der Waals surface area contributed by atoms with E-state index >= 15 is 0 Å². The molecule has 2 aliphatic rings. The minimum Gasteiger partial charge on any atom is -0.340 e. The molecule has 0 bridgehead atoms. The first-order valence-corrected chi connectivity index (χ1v) is 7.81. The number of rotatable bonds is 4. The normalized spacial score (nSPS) is 27.2. The third-order valence-corrected chi connectivity index (χ3v) is 4.61. The lowest BCUT2D eigenvalue weighted by Crippen LogP contribution is -2.64. The molecular weight excluding hydrogens is 274 g/mol. The molecule has 2 saturated heterocycles. The molecule has 2 heterocycles. The number of piperazine rings is 1. The van der Waals surface area contributed by atoms with Gasteiger partial charge in [-0.2, -0.15) is 0 Å². The number of nitrogens with zero attached hydrogens (tertiary/aromatic N) is 2. The quantitative estimate of drug-likeness (QED) is 0.859. The number of nitrogens with one attached hydrogen (secondary N) is 1. The molecule has 0 aromatic carbocycles. The highest BCUT2D eigenvalue weighted by molar-refractivity contribution is 5.86. The molecule has 0 saturated carbocycles. The van der Waals surface area contributed by atoms with Gasteiger partial charge in [0.1, 0.15) is 0 Å². The fraction of sp³-hybridized carbons (Fsp3) is 0.933. The lowest BCUT2D eigenvalue weighted by atomic mass is 9.92. The highest BCUT2D eigenvalue weighted by Gasteiger charge is 2.41. The van der Waals surface area contributed by atoms with Gasteiger partial charge in [-0.15, -0.1) is 12.4 Å². The Bertz CT molecular complexity index is 316. The summed E-state index contributed by atoms with van der Waals surface area (Å²) >= 11 is 0. The topological polar surface area (TPSA) is 35.6 Å². The van der Waals surface area contributed by atoms with Gasteiger partial charge < -0.3 is 10.2 Å². The number of carbonyl (C=O) groups excluding carboxylic acids is 1. The standard InChI is InChI=1S/C15H29N3O.ClH/c1-4-8-17-9-10-18(15(2,3)14(17)19)12-13-6-5-7-16-11-13;/h13,16H,4-12H2,1-3H3;1H. The molecule has 5 heteroatoms. The molecule has 0 aliphatic carbocycles. The van der Waals surface area contributed by atoms with Gasteiger partial charge in [0.2, 0.25) is 5.91 Å². The van der Waals surface area contributed by atoms with Crippen molar-refractivity contribution in [1.29, 1.82) is 0 Å². The molecule has 0 spiro atoms. The maximum absolute atomic E-state index is 12.6. The maximum Gasteiger partial charge on any atom is 0.242 e. The van der Waals surface area contributed by atoms with Crippen LogP contribution in [0.3, 0.4) is 0 Å². The monoisotopic (exact) mass is 303 g/mol. The number of hydrogen-bond donors (Lipinski definition) is 1. The summed E-state index contributed by atoms with van der Waals surface area (Å²) in [6.45, 7) is 12.5. The zero-order valence-electron chi connectivity index (χ0n) is 13.2. The zero-order valence-corrected chi connectivity index (χ0v) is 14.0. The molecular formula is C15H30ClN3O. The van der Waals surface area contributed by atoms with Crippen molar-refractivity contribution in [3.05, 3.63) is 0 Å². The fourth-order valence-corrected chi connectivity index (χ4v) is 3.34. The van der Waals surface area contributed by atoms with Gasteiger partial charge in [0.15, 0.2) is 0 Å². The molecule has 0 aromatic rings. The molecule has 2 fully saturated rings. The van der Waals surface area contributed by atoms with Crippen LogP contribution in [0.5, 0.6) is 0 Å². The molecule has 1 unspecified atom stereocenters. The molecule has 1 amide bonds. The zero-order chi connectivity index (χ0) is 13.9.